The molecule has 3 aromatic rings. The van der Waals surface area contributed by atoms with E-state index in [9.17, 15) is 0 Å². The van der Waals surface area contributed by atoms with Gasteiger partial charge in [0.25, 0.3) is 0 Å². The van der Waals surface area contributed by atoms with E-state index < -0.39 is 0 Å². The molecule has 0 bridgehead atoms. The van der Waals surface area contributed by atoms with Crippen LogP contribution in [0.3, 0.4) is 0 Å². The summed E-state index contributed by atoms with van der Waals surface area (Å²) in [6.07, 6.45) is 1.01. The Morgan fingerprint density at radius 3 is 1.56 bits per heavy atom. The Morgan fingerprint density at radius 1 is 0.600 bits per heavy atom. The lowest BCUT2D eigenvalue weighted by Crippen LogP contribution is -2.20. The molecule has 0 amide bonds. The van der Waals surface area contributed by atoms with Gasteiger partial charge in [-0.2, -0.15) is 0 Å². The highest BCUT2D eigenvalue weighted by Gasteiger charge is 2.26. The molecule has 1 aliphatic heterocycles. The van der Waals surface area contributed by atoms with Gasteiger partial charge in [0.1, 0.15) is 0 Å². The zero-order valence-corrected chi connectivity index (χ0v) is 15.8. The summed E-state index contributed by atoms with van der Waals surface area (Å²) in [7, 11) is 0. The van der Waals surface area contributed by atoms with Crippen LogP contribution in [0.5, 0.6) is 0 Å². The van der Waals surface area contributed by atoms with E-state index in [2.05, 4.69) is 88.0 Å². The summed E-state index contributed by atoms with van der Waals surface area (Å²) in [5.74, 6) is 0. The molecule has 1 heterocycles. The summed E-state index contributed by atoms with van der Waals surface area (Å²) in [5.41, 5.74) is 13.4. The fourth-order valence-corrected chi connectivity index (χ4v) is 4.25. The predicted octanol–water partition coefficient (Wildman–Crippen LogP) is 6.60. The highest BCUT2D eigenvalue weighted by Crippen LogP contribution is 2.46. The maximum absolute atomic E-state index is 2.47. The van der Waals surface area contributed by atoms with Gasteiger partial charge in [0.15, 0.2) is 0 Å². The Bertz CT molecular complexity index is 907. The number of anilines is 3. The third-order valence-electron chi connectivity index (χ3n) is 5.19. The van der Waals surface area contributed by atoms with Gasteiger partial charge < -0.3 is 4.90 Å². The van der Waals surface area contributed by atoms with Crippen molar-refractivity contribution in [3.63, 3.8) is 0 Å². The number of rotatable bonds is 1. The van der Waals surface area contributed by atoms with Crippen LogP contribution in [-0.4, -0.2) is 0 Å². The van der Waals surface area contributed by atoms with Crippen molar-refractivity contribution in [1.82, 2.24) is 0 Å². The third-order valence-corrected chi connectivity index (χ3v) is 5.19. The predicted molar refractivity (Wildman–Crippen MR) is 108 cm³/mol. The van der Waals surface area contributed by atoms with Crippen molar-refractivity contribution >= 4 is 17.1 Å². The maximum atomic E-state index is 2.47. The number of hydrogen-bond acceptors (Lipinski definition) is 1. The minimum atomic E-state index is 1.01. The van der Waals surface area contributed by atoms with Crippen LogP contribution in [0.25, 0.3) is 0 Å². The van der Waals surface area contributed by atoms with Crippen molar-refractivity contribution in [2.24, 2.45) is 0 Å². The SMILES string of the molecule is Cc1cc(C)c(N2c3ccc(C)cc3Cc3cc(C)ccc32)c(C)c1. The average molecular weight is 327 g/mol. The Hall–Kier alpha value is -2.54. The van der Waals surface area contributed by atoms with Gasteiger partial charge in [-0.25, -0.2) is 0 Å². The van der Waals surface area contributed by atoms with E-state index >= 15 is 0 Å². The molecule has 126 valence electrons. The molecule has 0 saturated heterocycles. The number of benzene rings is 3. The van der Waals surface area contributed by atoms with Crippen molar-refractivity contribution < 1.29 is 0 Å². The van der Waals surface area contributed by atoms with E-state index in [0.717, 1.165) is 6.42 Å². The Morgan fingerprint density at radius 2 is 1.08 bits per heavy atom. The molecule has 0 radical (unpaired) electrons. The second kappa shape index (κ2) is 5.77. The van der Waals surface area contributed by atoms with E-state index in [1.807, 2.05) is 0 Å². The van der Waals surface area contributed by atoms with Crippen molar-refractivity contribution in [3.05, 3.63) is 87.5 Å². The molecule has 1 nitrogen and oxygen atoms in total. The van der Waals surface area contributed by atoms with Gasteiger partial charge in [0.05, 0.1) is 5.69 Å². The van der Waals surface area contributed by atoms with Gasteiger partial charge in [-0.3, -0.25) is 0 Å². The van der Waals surface area contributed by atoms with E-state index in [-0.39, 0.29) is 0 Å². The van der Waals surface area contributed by atoms with Crippen LogP contribution < -0.4 is 4.90 Å². The molecular formula is C24H25N. The van der Waals surface area contributed by atoms with E-state index in [4.69, 9.17) is 0 Å². The molecule has 0 atom stereocenters. The molecule has 4 rings (SSSR count). The van der Waals surface area contributed by atoms with Crippen LogP contribution in [0.15, 0.2) is 48.5 Å². The smallest absolute Gasteiger partial charge is 0.0520 e. The quantitative estimate of drug-likeness (QED) is 0.380. The molecule has 0 fully saturated rings. The number of hydrogen-bond donors (Lipinski definition) is 0. The minimum absolute atomic E-state index is 1.01. The molecule has 0 unspecified atom stereocenters. The van der Waals surface area contributed by atoms with Gasteiger partial charge in [0.2, 0.25) is 0 Å². The highest BCUT2D eigenvalue weighted by atomic mass is 15.2. The van der Waals surface area contributed by atoms with Gasteiger partial charge in [-0.05, 0) is 69.0 Å². The zero-order valence-electron chi connectivity index (χ0n) is 15.8. The first-order chi connectivity index (χ1) is 11.9. The molecule has 0 saturated carbocycles. The van der Waals surface area contributed by atoms with Gasteiger partial charge in [0, 0.05) is 17.8 Å². The second-order valence-corrected chi connectivity index (χ2v) is 7.52. The van der Waals surface area contributed by atoms with Crippen LogP contribution in [-0.2, 0) is 6.42 Å². The van der Waals surface area contributed by atoms with Gasteiger partial charge in [-0.15, -0.1) is 0 Å². The number of aryl methyl sites for hydroxylation is 5. The molecule has 1 aliphatic rings. The highest BCUT2D eigenvalue weighted by molar-refractivity contribution is 5.86. The van der Waals surface area contributed by atoms with E-state index in [1.54, 1.807) is 0 Å². The first-order valence-electron chi connectivity index (χ1n) is 9.01. The van der Waals surface area contributed by atoms with Crippen LogP contribution in [0.4, 0.5) is 17.1 Å². The van der Waals surface area contributed by atoms with E-state index in [1.165, 1.54) is 56.0 Å². The van der Waals surface area contributed by atoms with Crippen LogP contribution in [0.1, 0.15) is 38.9 Å². The first-order valence-corrected chi connectivity index (χ1v) is 9.01. The van der Waals surface area contributed by atoms with Crippen molar-refractivity contribution in [1.29, 1.82) is 0 Å². The minimum Gasteiger partial charge on any atom is -0.309 e. The van der Waals surface area contributed by atoms with Crippen molar-refractivity contribution in [2.75, 3.05) is 4.90 Å². The summed E-state index contributed by atoms with van der Waals surface area (Å²) in [6.45, 7) is 11.0. The summed E-state index contributed by atoms with van der Waals surface area (Å²) < 4.78 is 0. The largest absolute Gasteiger partial charge is 0.309 e. The molecular weight excluding hydrogens is 302 g/mol. The topological polar surface area (TPSA) is 3.24 Å². The summed E-state index contributed by atoms with van der Waals surface area (Å²) in [5, 5.41) is 0. The normalized spacial score (nSPS) is 12.8. The first kappa shape index (κ1) is 16.0. The van der Waals surface area contributed by atoms with E-state index in [0.29, 0.717) is 0 Å². The lowest BCUT2D eigenvalue weighted by Gasteiger charge is -2.36. The molecule has 0 spiro atoms. The molecule has 0 aromatic heterocycles. The number of fused-ring (bicyclic) bond motifs is 2. The third kappa shape index (κ3) is 2.64. The Kier molecular flexibility index (Phi) is 3.68. The van der Waals surface area contributed by atoms with Crippen molar-refractivity contribution in [3.8, 4) is 0 Å². The fourth-order valence-electron chi connectivity index (χ4n) is 4.25. The molecule has 0 aliphatic carbocycles. The number of nitrogens with zero attached hydrogens (tertiary/aromatic N) is 1. The van der Waals surface area contributed by atoms with Crippen molar-refractivity contribution in [2.45, 2.75) is 41.0 Å². The summed E-state index contributed by atoms with van der Waals surface area (Å²) >= 11 is 0. The fraction of sp³-hybridized carbons (Fsp3) is 0.250. The molecule has 3 aromatic carbocycles. The lowest BCUT2D eigenvalue weighted by atomic mass is 9.91. The average Bonchev–Trinajstić information content (AvgIpc) is 2.52. The zero-order chi connectivity index (χ0) is 17.7. The molecule has 25 heavy (non-hydrogen) atoms. The Balaban J connectivity index is 2.03. The standard InChI is InChI=1S/C24H25N/c1-15-6-8-22-20(12-15)14-21-13-16(2)7-9-23(21)25(22)24-18(4)10-17(3)11-19(24)5/h6-13H,14H2,1-5H3. The summed E-state index contributed by atoms with van der Waals surface area (Å²) in [6, 6.07) is 18.3. The van der Waals surface area contributed by atoms with Crippen LogP contribution in [0, 0.1) is 34.6 Å². The lowest BCUT2D eigenvalue weighted by molar-refractivity contribution is 1.06. The van der Waals surface area contributed by atoms with Crippen LogP contribution in [0.2, 0.25) is 0 Å². The monoisotopic (exact) mass is 327 g/mol. The second-order valence-electron chi connectivity index (χ2n) is 7.52. The molecule has 0 N–H and O–H groups in total. The summed E-state index contributed by atoms with van der Waals surface area (Å²) in [4.78, 5) is 2.47. The van der Waals surface area contributed by atoms with Gasteiger partial charge >= 0.3 is 0 Å². The Labute approximate surface area is 150 Å². The van der Waals surface area contributed by atoms with Gasteiger partial charge in [-0.1, -0.05) is 53.1 Å². The van der Waals surface area contributed by atoms with Crippen LogP contribution >= 0.6 is 0 Å². The maximum Gasteiger partial charge on any atom is 0.0520 e. The molecule has 1 heteroatoms.